The Hall–Kier alpha value is -1.40. The fourth-order valence-corrected chi connectivity index (χ4v) is 4.28. The van der Waals surface area contributed by atoms with Crippen LogP contribution in [0.1, 0.15) is 49.0 Å². The van der Waals surface area contributed by atoms with Crippen LogP contribution in [0.4, 0.5) is 0 Å². The number of ether oxygens (including phenoxy) is 2. The summed E-state index contributed by atoms with van der Waals surface area (Å²) in [6.45, 7) is 1.62. The molecular weight excluding hydrogens is 306 g/mol. The molecular formula is C18H27N3O3. The van der Waals surface area contributed by atoms with Gasteiger partial charge in [-0.3, -0.25) is 4.79 Å². The molecule has 0 aromatic carbocycles. The minimum absolute atomic E-state index is 0.0161. The fourth-order valence-electron chi connectivity index (χ4n) is 4.28. The lowest BCUT2D eigenvalue weighted by Crippen LogP contribution is -2.53. The second-order valence-electron chi connectivity index (χ2n) is 7.63. The Balaban J connectivity index is 1.49. The summed E-state index contributed by atoms with van der Waals surface area (Å²) in [5.41, 5.74) is 0.314. The fraction of sp³-hybridized carbons (Fsp3) is 0.778. The number of imidazole rings is 1. The number of hydrogen-bond acceptors (Lipinski definition) is 4. The number of rotatable bonds is 5. The average Bonchev–Trinajstić information content (AvgIpc) is 3.20. The van der Waals surface area contributed by atoms with Crippen LogP contribution in [0.25, 0.3) is 0 Å². The van der Waals surface area contributed by atoms with E-state index in [4.69, 9.17) is 9.47 Å². The summed E-state index contributed by atoms with van der Waals surface area (Å²) in [6.07, 6.45) is 10.1. The third kappa shape index (κ3) is 2.86. The van der Waals surface area contributed by atoms with Gasteiger partial charge in [-0.05, 0) is 44.4 Å². The number of carbonyl (C=O) groups excluding carboxylic acids is 1. The third-order valence-electron chi connectivity index (χ3n) is 5.99. The summed E-state index contributed by atoms with van der Waals surface area (Å²) in [4.78, 5) is 19.1. The molecule has 4 rings (SSSR count). The second-order valence-corrected chi connectivity index (χ2v) is 7.63. The van der Waals surface area contributed by atoms with Crippen LogP contribution in [0, 0.1) is 5.92 Å². The maximum Gasteiger partial charge on any atom is 0.274 e. The molecule has 0 bridgehead atoms. The lowest BCUT2D eigenvalue weighted by atomic mass is 9.79. The maximum absolute atomic E-state index is 12.9. The molecule has 2 heterocycles. The van der Waals surface area contributed by atoms with Crippen molar-refractivity contribution in [3.8, 4) is 0 Å². The van der Waals surface area contributed by atoms with Crippen LogP contribution in [0.2, 0.25) is 0 Å². The van der Waals surface area contributed by atoms with Gasteiger partial charge >= 0.3 is 0 Å². The molecule has 1 aliphatic heterocycles. The smallest absolute Gasteiger partial charge is 0.274 e. The Morgan fingerprint density at radius 3 is 2.88 bits per heavy atom. The number of carbonyl (C=O) groups is 1. The van der Waals surface area contributed by atoms with Gasteiger partial charge in [0.05, 0.1) is 24.1 Å². The van der Waals surface area contributed by atoms with Crippen molar-refractivity contribution in [1.82, 2.24) is 14.5 Å². The predicted molar refractivity (Wildman–Crippen MR) is 88.7 cm³/mol. The van der Waals surface area contributed by atoms with Crippen molar-refractivity contribution in [2.75, 3.05) is 20.3 Å². The van der Waals surface area contributed by atoms with Crippen LogP contribution in [0.15, 0.2) is 12.5 Å². The van der Waals surface area contributed by atoms with Gasteiger partial charge in [0.15, 0.2) is 0 Å². The van der Waals surface area contributed by atoms with Gasteiger partial charge in [-0.25, -0.2) is 4.98 Å². The molecule has 2 aliphatic carbocycles. The number of fused-ring (bicyclic) bond motifs is 1. The van der Waals surface area contributed by atoms with Crippen LogP contribution in [0.3, 0.4) is 0 Å². The van der Waals surface area contributed by atoms with Gasteiger partial charge in [-0.15, -0.1) is 0 Å². The summed E-state index contributed by atoms with van der Waals surface area (Å²) in [5.74, 6) is 0.788. The summed E-state index contributed by atoms with van der Waals surface area (Å²) >= 11 is 0. The molecule has 0 unspecified atom stereocenters. The van der Waals surface area contributed by atoms with Gasteiger partial charge in [-0.2, -0.15) is 0 Å². The molecule has 2 saturated carbocycles. The second kappa shape index (κ2) is 6.15. The molecule has 3 fully saturated rings. The minimum Gasteiger partial charge on any atom is -0.378 e. The molecule has 132 valence electrons. The van der Waals surface area contributed by atoms with Gasteiger partial charge in [0.1, 0.15) is 5.69 Å². The molecule has 6 nitrogen and oxygen atoms in total. The zero-order valence-corrected chi connectivity index (χ0v) is 14.6. The van der Waals surface area contributed by atoms with Crippen molar-refractivity contribution < 1.29 is 14.3 Å². The van der Waals surface area contributed by atoms with Crippen molar-refractivity contribution >= 4 is 5.91 Å². The number of methoxy groups -OCH3 is 1. The van der Waals surface area contributed by atoms with Gasteiger partial charge in [0.25, 0.3) is 5.91 Å². The van der Waals surface area contributed by atoms with Gasteiger partial charge in [-0.1, -0.05) is 0 Å². The molecule has 0 N–H and O–H groups in total. The molecule has 0 spiro atoms. The first-order valence-corrected chi connectivity index (χ1v) is 9.07. The van der Waals surface area contributed by atoms with Crippen molar-refractivity contribution in [2.24, 2.45) is 13.0 Å². The van der Waals surface area contributed by atoms with E-state index in [1.54, 1.807) is 19.6 Å². The SMILES string of the molecule is CO[C@@]12CC[C@@H](OCC3CC3)C[C@@H]1N(C(=O)c1cn(C)cn1)CC2. The molecule has 6 heteroatoms. The maximum atomic E-state index is 12.9. The third-order valence-corrected chi connectivity index (χ3v) is 5.99. The monoisotopic (exact) mass is 333 g/mol. The van der Waals surface area contributed by atoms with Gasteiger partial charge in [0.2, 0.25) is 0 Å². The molecule has 3 aliphatic rings. The van der Waals surface area contributed by atoms with Crippen LogP contribution < -0.4 is 0 Å². The highest BCUT2D eigenvalue weighted by Crippen LogP contribution is 2.44. The van der Waals surface area contributed by atoms with E-state index in [2.05, 4.69) is 4.98 Å². The molecule has 1 aromatic heterocycles. The van der Waals surface area contributed by atoms with Crippen LogP contribution in [-0.2, 0) is 16.5 Å². The zero-order valence-electron chi connectivity index (χ0n) is 14.6. The first kappa shape index (κ1) is 16.1. The van der Waals surface area contributed by atoms with Crippen molar-refractivity contribution in [2.45, 2.75) is 56.3 Å². The van der Waals surface area contributed by atoms with Crippen molar-refractivity contribution in [3.05, 3.63) is 18.2 Å². The first-order chi connectivity index (χ1) is 11.6. The standard InChI is InChI=1S/C18H27N3O3/c1-20-10-15(19-12-20)17(22)21-8-7-18(23-2)6-5-14(9-16(18)21)24-11-13-3-4-13/h10,12-14,16H,3-9,11H2,1-2H3/t14-,16+,18-/m1/s1. The summed E-state index contributed by atoms with van der Waals surface area (Å²) in [5, 5.41) is 0. The predicted octanol–water partition coefficient (Wildman–Crippen LogP) is 2.00. The molecule has 1 saturated heterocycles. The van der Waals surface area contributed by atoms with Crippen LogP contribution in [0.5, 0.6) is 0 Å². The van der Waals surface area contributed by atoms with Gasteiger partial charge < -0.3 is 18.9 Å². The summed E-state index contributed by atoms with van der Waals surface area (Å²) < 4.78 is 13.9. The van der Waals surface area contributed by atoms with E-state index in [1.165, 1.54) is 12.8 Å². The number of amides is 1. The molecule has 0 radical (unpaired) electrons. The molecule has 24 heavy (non-hydrogen) atoms. The number of hydrogen-bond donors (Lipinski definition) is 0. The highest BCUT2D eigenvalue weighted by molar-refractivity contribution is 5.92. The number of likely N-dealkylation sites (tertiary alicyclic amines) is 1. The number of aryl methyl sites for hydroxylation is 1. The number of nitrogens with zero attached hydrogens (tertiary/aromatic N) is 3. The Kier molecular flexibility index (Phi) is 4.12. The Morgan fingerprint density at radius 1 is 1.38 bits per heavy atom. The van der Waals surface area contributed by atoms with Crippen LogP contribution in [-0.4, -0.2) is 58.4 Å². The first-order valence-electron chi connectivity index (χ1n) is 9.07. The average molecular weight is 333 g/mol. The largest absolute Gasteiger partial charge is 0.378 e. The highest BCUT2D eigenvalue weighted by Gasteiger charge is 2.53. The highest BCUT2D eigenvalue weighted by atomic mass is 16.5. The van der Waals surface area contributed by atoms with E-state index < -0.39 is 0 Å². The topological polar surface area (TPSA) is 56.6 Å². The molecule has 1 amide bonds. The lowest BCUT2D eigenvalue weighted by molar-refractivity contribution is -0.0977. The zero-order chi connectivity index (χ0) is 16.7. The minimum atomic E-state index is -0.204. The van der Waals surface area contributed by atoms with Crippen molar-refractivity contribution in [3.63, 3.8) is 0 Å². The normalized spacial score (nSPS) is 32.8. The summed E-state index contributed by atoms with van der Waals surface area (Å²) in [6, 6.07) is 0.0926. The van der Waals surface area contributed by atoms with E-state index in [0.717, 1.165) is 44.8 Å². The number of aromatic nitrogens is 2. The van der Waals surface area contributed by atoms with Gasteiger partial charge in [0, 0.05) is 33.5 Å². The lowest BCUT2D eigenvalue weighted by Gasteiger charge is -2.43. The Bertz CT molecular complexity index is 612. The van der Waals surface area contributed by atoms with E-state index >= 15 is 0 Å². The van der Waals surface area contributed by atoms with E-state index in [-0.39, 0.29) is 23.7 Å². The Labute approximate surface area is 143 Å². The van der Waals surface area contributed by atoms with E-state index in [9.17, 15) is 4.79 Å². The molecule has 3 atom stereocenters. The Morgan fingerprint density at radius 2 is 2.21 bits per heavy atom. The van der Waals surface area contributed by atoms with Crippen molar-refractivity contribution in [1.29, 1.82) is 0 Å². The van der Waals surface area contributed by atoms with Crippen LogP contribution >= 0.6 is 0 Å². The van der Waals surface area contributed by atoms with E-state index in [1.807, 2.05) is 16.5 Å². The van der Waals surface area contributed by atoms with E-state index in [0.29, 0.717) is 5.69 Å². The molecule has 1 aromatic rings. The summed E-state index contributed by atoms with van der Waals surface area (Å²) in [7, 11) is 3.67. The quantitative estimate of drug-likeness (QED) is 0.827.